The molecule has 2 bridgehead atoms. The van der Waals surface area contributed by atoms with Crippen LogP contribution in [0.4, 0.5) is 5.69 Å². The molecule has 0 aromatic heterocycles. The lowest BCUT2D eigenvalue weighted by Crippen LogP contribution is -2.41. The van der Waals surface area contributed by atoms with E-state index in [4.69, 9.17) is 19.0 Å². The maximum absolute atomic E-state index is 13.7. The second-order valence-corrected chi connectivity index (χ2v) is 9.27. The van der Waals surface area contributed by atoms with Crippen molar-refractivity contribution in [3.05, 3.63) is 53.6 Å². The van der Waals surface area contributed by atoms with Crippen molar-refractivity contribution in [2.75, 3.05) is 26.2 Å². The van der Waals surface area contributed by atoms with Gasteiger partial charge in [-0.05, 0) is 36.6 Å². The summed E-state index contributed by atoms with van der Waals surface area (Å²) in [6.07, 6.45) is 0.433. The Bertz CT molecular complexity index is 1290. The summed E-state index contributed by atoms with van der Waals surface area (Å²) in [6, 6.07) is 12.0. The molecule has 1 saturated heterocycles. The van der Waals surface area contributed by atoms with E-state index in [2.05, 4.69) is 5.16 Å². The van der Waals surface area contributed by atoms with Gasteiger partial charge in [-0.15, -0.1) is 0 Å². The summed E-state index contributed by atoms with van der Waals surface area (Å²) in [5, 5.41) is 4.40. The van der Waals surface area contributed by atoms with Crippen molar-refractivity contribution >= 4 is 29.2 Å². The number of oxime groups is 1. The molecule has 2 saturated carbocycles. The Morgan fingerprint density at radius 2 is 1.71 bits per heavy atom. The molecule has 9 heteroatoms. The van der Waals surface area contributed by atoms with Crippen LogP contribution in [0.5, 0.6) is 11.5 Å². The van der Waals surface area contributed by atoms with Gasteiger partial charge in [0.1, 0.15) is 17.6 Å². The summed E-state index contributed by atoms with van der Waals surface area (Å²) in [5.74, 6) is -1.25. The van der Waals surface area contributed by atoms with E-state index < -0.39 is 17.8 Å². The molecule has 4 aliphatic rings. The predicted molar refractivity (Wildman–Crippen MR) is 123 cm³/mol. The molecule has 6 rings (SSSR count). The molecule has 2 heterocycles. The number of para-hydroxylation sites is 1. The molecule has 2 aliphatic heterocycles. The van der Waals surface area contributed by atoms with Crippen molar-refractivity contribution in [2.45, 2.75) is 12.5 Å². The van der Waals surface area contributed by atoms with Gasteiger partial charge >= 0.3 is 5.97 Å². The molecule has 0 unspecified atom stereocenters. The van der Waals surface area contributed by atoms with Crippen LogP contribution in [0.15, 0.2) is 47.6 Å². The number of esters is 1. The highest BCUT2D eigenvalue weighted by Gasteiger charge is 2.70. The molecule has 0 N–H and O–H groups in total. The smallest absolute Gasteiger partial charge is 0.339 e. The predicted octanol–water partition coefficient (Wildman–Crippen LogP) is 2.67. The lowest BCUT2D eigenvalue weighted by Gasteiger charge is -2.30. The number of amides is 2. The zero-order valence-electron chi connectivity index (χ0n) is 19.5. The number of carbonyl (C=O) groups is 3. The number of nitrogens with zero attached hydrogens (tertiary/aromatic N) is 2. The lowest BCUT2D eigenvalue weighted by atomic mass is 9.71. The average Bonchev–Trinajstić information content (AvgIpc) is 3.63. The first-order chi connectivity index (χ1) is 17.0. The van der Waals surface area contributed by atoms with Crippen molar-refractivity contribution in [1.82, 2.24) is 0 Å². The fraction of sp³-hybridized carbons (Fsp3) is 0.385. The van der Waals surface area contributed by atoms with Crippen molar-refractivity contribution in [3.63, 3.8) is 0 Å². The average molecular weight is 476 g/mol. The summed E-state index contributed by atoms with van der Waals surface area (Å²) < 4.78 is 15.8. The van der Waals surface area contributed by atoms with Crippen LogP contribution in [0.2, 0.25) is 0 Å². The van der Waals surface area contributed by atoms with E-state index in [-0.39, 0.29) is 46.9 Å². The second-order valence-electron chi connectivity index (χ2n) is 9.27. The van der Waals surface area contributed by atoms with Gasteiger partial charge in [0.2, 0.25) is 11.8 Å². The molecule has 2 aromatic carbocycles. The fourth-order valence-electron chi connectivity index (χ4n) is 6.55. The SMILES string of the molecule is COC(=O)c1ccccc1N1C(=O)[C@@H]2[C@H]3C[C@@H]([C@@H]4C(c5ccc(OC)cc5OC)=NO[C@@H]34)[C@@H]2C1=O. The van der Waals surface area contributed by atoms with Crippen molar-refractivity contribution in [2.24, 2.45) is 34.7 Å². The molecular formula is C26H24N2O7. The molecular weight excluding hydrogens is 452 g/mol. The minimum Gasteiger partial charge on any atom is -0.497 e. The summed E-state index contributed by atoms with van der Waals surface area (Å²) in [6.45, 7) is 0. The summed E-state index contributed by atoms with van der Waals surface area (Å²) >= 11 is 0. The van der Waals surface area contributed by atoms with Crippen LogP contribution in [0, 0.1) is 29.6 Å². The number of fused-ring (bicyclic) bond motifs is 8. The van der Waals surface area contributed by atoms with Crippen LogP contribution in [0.1, 0.15) is 22.3 Å². The van der Waals surface area contributed by atoms with Crippen LogP contribution in [0.25, 0.3) is 0 Å². The van der Waals surface area contributed by atoms with Crippen LogP contribution in [-0.4, -0.2) is 50.9 Å². The quantitative estimate of drug-likeness (QED) is 0.483. The van der Waals surface area contributed by atoms with Gasteiger partial charge < -0.3 is 19.0 Å². The third-order valence-electron chi connectivity index (χ3n) is 7.93. The van der Waals surface area contributed by atoms with E-state index in [1.165, 1.54) is 12.0 Å². The summed E-state index contributed by atoms with van der Waals surface area (Å²) in [4.78, 5) is 46.7. The molecule has 180 valence electrons. The highest BCUT2D eigenvalue weighted by molar-refractivity contribution is 6.24. The van der Waals surface area contributed by atoms with E-state index in [0.29, 0.717) is 17.9 Å². The Kier molecular flexibility index (Phi) is 4.84. The maximum atomic E-state index is 13.7. The standard InChI is InChI=1S/C26H24N2O7/c1-32-12-8-9-14(18(10-12)33-2)22-21-15-11-16(23(21)35-27-22)20-19(15)24(29)28(25(20)30)17-7-5-4-6-13(17)26(31)34-3/h4-10,15-16,19-21,23H,11H2,1-3H3/t15-,16-,19+,20-,21-,23+/m1/s1. The number of ether oxygens (including phenoxy) is 3. The molecule has 2 amide bonds. The van der Waals surface area contributed by atoms with Gasteiger partial charge in [-0.3, -0.25) is 9.59 Å². The van der Waals surface area contributed by atoms with Gasteiger partial charge in [-0.2, -0.15) is 0 Å². The Balaban J connectivity index is 1.36. The monoisotopic (exact) mass is 476 g/mol. The van der Waals surface area contributed by atoms with Crippen molar-refractivity contribution < 1.29 is 33.4 Å². The van der Waals surface area contributed by atoms with E-state index in [0.717, 1.165) is 11.3 Å². The molecule has 35 heavy (non-hydrogen) atoms. The van der Waals surface area contributed by atoms with Gasteiger partial charge in [-0.25, -0.2) is 9.69 Å². The summed E-state index contributed by atoms with van der Waals surface area (Å²) in [5.41, 5.74) is 1.97. The van der Waals surface area contributed by atoms with E-state index in [9.17, 15) is 14.4 Å². The number of carbonyl (C=O) groups excluding carboxylic acids is 3. The molecule has 2 aromatic rings. The number of benzene rings is 2. The third-order valence-corrected chi connectivity index (χ3v) is 7.93. The molecule has 2 aliphatic carbocycles. The topological polar surface area (TPSA) is 104 Å². The Morgan fingerprint density at radius 3 is 2.43 bits per heavy atom. The zero-order chi connectivity index (χ0) is 24.4. The zero-order valence-corrected chi connectivity index (χ0v) is 19.5. The lowest BCUT2D eigenvalue weighted by molar-refractivity contribution is -0.125. The number of rotatable bonds is 5. The van der Waals surface area contributed by atoms with Crippen LogP contribution in [0.3, 0.4) is 0 Å². The van der Waals surface area contributed by atoms with Gasteiger partial charge in [0.05, 0.1) is 50.1 Å². The fourth-order valence-corrected chi connectivity index (χ4v) is 6.55. The highest BCUT2D eigenvalue weighted by Crippen LogP contribution is 2.62. The van der Waals surface area contributed by atoms with Gasteiger partial charge in [0.15, 0.2) is 0 Å². The Labute approximate surface area is 201 Å². The normalized spacial score (nSPS) is 30.0. The van der Waals surface area contributed by atoms with E-state index in [1.54, 1.807) is 44.6 Å². The maximum Gasteiger partial charge on any atom is 0.339 e. The number of hydrogen-bond acceptors (Lipinski definition) is 8. The number of methoxy groups -OCH3 is 3. The second kappa shape index (κ2) is 7.83. The van der Waals surface area contributed by atoms with E-state index in [1.807, 2.05) is 12.1 Å². The Morgan fingerprint density at radius 1 is 0.971 bits per heavy atom. The first-order valence-electron chi connectivity index (χ1n) is 11.5. The number of anilines is 1. The molecule has 0 spiro atoms. The molecule has 9 nitrogen and oxygen atoms in total. The number of imide groups is 1. The molecule has 6 atom stereocenters. The van der Waals surface area contributed by atoms with E-state index >= 15 is 0 Å². The van der Waals surface area contributed by atoms with Gasteiger partial charge in [0, 0.05) is 23.5 Å². The van der Waals surface area contributed by atoms with Gasteiger partial charge in [0.25, 0.3) is 0 Å². The Hall–Kier alpha value is -3.88. The summed E-state index contributed by atoms with van der Waals surface area (Å²) in [7, 11) is 4.44. The largest absolute Gasteiger partial charge is 0.497 e. The molecule has 0 radical (unpaired) electrons. The first kappa shape index (κ1) is 21.6. The highest BCUT2D eigenvalue weighted by atomic mass is 16.6. The van der Waals surface area contributed by atoms with Crippen LogP contribution >= 0.6 is 0 Å². The minimum atomic E-state index is -0.595. The molecule has 3 fully saturated rings. The van der Waals surface area contributed by atoms with Crippen molar-refractivity contribution in [1.29, 1.82) is 0 Å². The van der Waals surface area contributed by atoms with Crippen LogP contribution in [-0.2, 0) is 19.2 Å². The first-order valence-corrected chi connectivity index (χ1v) is 11.5. The number of hydrogen-bond donors (Lipinski definition) is 0. The third kappa shape index (κ3) is 2.87. The van der Waals surface area contributed by atoms with Crippen LogP contribution < -0.4 is 14.4 Å². The van der Waals surface area contributed by atoms with Crippen molar-refractivity contribution in [3.8, 4) is 11.5 Å². The van der Waals surface area contributed by atoms with Gasteiger partial charge in [-0.1, -0.05) is 17.3 Å². The minimum absolute atomic E-state index is 0.102.